The summed E-state index contributed by atoms with van der Waals surface area (Å²) in [6, 6.07) is 39.6. The van der Waals surface area contributed by atoms with E-state index in [9.17, 15) is 31.1 Å². The van der Waals surface area contributed by atoms with Gasteiger partial charge in [-0.15, -0.1) is 22.7 Å². The number of amidine groups is 1. The number of rotatable bonds is 24. The summed E-state index contributed by atoms with van der Waals surface area (Å²) < 4.78 is 117. The number of ether oxygens (including phenoxy) is 6. The van der Waals surface area contributed by atoms with Crippen molar-refractivity contribution in [1.82, 2.24) is 20.1 Å². The van der Waals surface area contributed by atoms with Crippen molar-refractivity contribution in [3.05, 3.63) is 205 Å². The maximum absolute atomic E-state index is 13.1. The van der Waals surface area contributed by atoms with E-state index in [1.54, 1.807) is 36.4 Å². The molecule has 15 nitrogen and oxygen atoms in total. The highest BCUT2D eigenvalue weighted by molar-refractivity contribution is 7.15. The zero-order valence-corrected chi connectivity index (χ0v) is 45.7. The molecule has 0 fully saturated rings. The van der Waals surface area contributed by atoms with Gasteiger partial charge in [0.25, 0.3) is 0 Å². The molecule has 444 valence electrons. The van der Waals surface area contributed by atoms with Gasteiger partial charge in [-0.1, -0.05) is 110 Å². The van der Waals surface area contributed by atoms with E-state index in [0.29, 0.717) is 107 Å². The molecule has 9 rings (SSSR count). The maximum Gasteiger partial charge on any atom is 0.439 e. The Morgan fingerprint density at radius 2 is 1.07 bits per heavy atom. The molecular formula is C61H62F6N6O9S2. The van der Waals surface area contributed by atoms with Gasteiger partial charge < -0.3 is 39.4 Å². The zero-order chi connectivity index (χ0) is 58.1. The van der Waals surface area contributed by atoms with Gasteiger partial charge in [-0.2, -0.15) is 26.3 Å². The highest BCUT2D eigenvalue weighted by Gasteiger charge is 2.31. The first-order chi connectivity index (χ1) is 39.6. The maximum atomic E-state index is 13.1. The number of nitrogens with two attached hydrogens (primary N) is 1. The van der Waals surface area contributed by atoms with E-state index in [1.165, 1.54) is 61.2 Å². The molecule has 0 aliphatic heterocycles. The summed E-state index contributed by atoms with van der Waals surface area (Å²) in [7, 11) is 2.95. The van der Waals surface area contributed by atoms with Gasteiger partial charge in [0.05, 0.1) is 70.8 Å². The van der Waals surface area contributed by atoms with Crippen LogP contribution in [0.5, 0.6) is 23.0 Å². The van der Waals surface area contributed by atoms with Crippen molar-refractivity contribution < 1.29 is 64.5 Å². The fourth-order valence-electron chi connectivity index (χ4n) is 8.07. The summed E-state index contributed by atoms with van der Waals surface area (Å²) in [5.74, 6) is 1.24. The fraction of sp³-hybridized carbons (Fsp3) is 0.262. The van der Waals surface area contributed by atoms with E-state index >= 15 is 0 Å². The molecule has 0 aliphatic carbocycles. The van der Waals surface area contributed by atoms with E-state index in [1.807, 2.05) is 60.7 Å². The molecule has 3 heterocycles. The van der Waals surface area contributed by atoms with Crippen molar-refractivity contribution in [3.63, 3.8) is 0 Å². The van der Waals surface area contributed by atoms with Crippen LogP contribution in [0.15, 0.2) is 160 Å². The van der Waals surface area contributed by atoms with E-state index in [2.05, 4.69) is 19.8 Å². The molecule has 0 amide bonds. The lowest BCUT2D eigenvalue weighted by molar-refractivity contribution is -0.138. The number of aryl methyl sites for hydroxylation is 2. The lowest BCUT2D eigenvalue weighted by atomic mass is 10.1. The average molecular weight is 1200 g/mol. The monoisotopic (exact) mass is 1200 g/mol. The van der Waals surface area contributed by atoms with Crippen LogP contribution in [0.25, 0.3) is 32.5 Å². The topological polar surface area (TPSA) is 199 Å². The van der Waals surface area contributed by atoms with Crippen molar-refractivity contribution >= 4 is 28.5 Å². The van der Waals surface area contributed by atoms with Gasteiger partial charge in [0, 0.05) is 36.5 Å². The summed E-state index contributed by atoms with van der Waals surface area (Å²) in [5, 5.41) is 16.9. The molecule has 0 spiro atoms. The largest absolute Gasteiger partial charge is 0.496 e. The Morgan fingerprint density at radius 1 is 0.619 bits per heavy atom. The van der Waals surface area contributed by atoms with Crippen LogP contribution in [0.4, 0.5) is 26.3 Å². The minimum Gasteiger partial charge on any atom is -0.496 e. The highest BCUT2D eigenvalue weighted by atomic mass is 32.1. The molecular weight excluding hydrogens is 1140 g/mol. The predicted molar refractivity (Wildman–Crippen MR) is 311 cm³/mol. The van der Waals surface area contributed by atoms with Crippen LogP contribution >= 0.6 is 22.7 Å². The van der Waals surface area contributed by atoms with Crippen molar-refractivity contribution in [2.24, 2.45) is 10.9 Å². The third-order valence-electron chi connectivity index (χ3n) is 12.3. The molecule has 0 unspecified atom stereocenters. The van der Waals surface area contributed by atoms with Gasteiger partial charge in [0.1, 0.15) is 46.2 Å². The Kier molecular flexibility index (Phi) is 23.6. The molecule has 4 N–H and O–H groups in total. The third-order valence-corrected chi connectivity index (χ3v) is 14.5. The summed E-state index contributed by atoms with van der Waals surface area (Å²) in [5.41, 5.74) is 10.2. The smallest absolute Gasteiger partial charge is 0.439 e. The second-order valence-corrected chi connectivity index (χ2v) is 20.1. The Balaban J connectivity index is 0.000000264. The van der Waals surface area contributed by atoms with Crippen LogP contribution in [0.1, 0.15) is 76.7 Å². The van der Waals surface area contributed by atoms with Gasteiger partial charge in [-0.3, -0.25) is 9.51 Å². The summed E-state index contributed by atoms with van der Waals surface area (Å²) >= 11 is 2.73. The molecule has 0 saturated carbocycles. The van der Waals surface area contributed by atoms with Crippen molar-refractivity contribution in [2.45, 2.75) is 79.3 Å². The van der Waals surface area contributed by atoms with Gasteiger partial charge in [-0.05, 0) is 85.3 Å². The van der Waals surface area contributed by atoms with Gasteiger partial charge in [0.15, 0.2) is 11.7 Å². The molecule has 0 atom stereocenters. The first-order valence-corrected chi connectivity index (χ1v) is 26.9. The molecule has 0 aliphatic rings. The normalized spacial score (nSPS) is 11.5. The first kappa shape index (κ1) is 64.7. The Bertz CT molecular complexity index is 3560. The fourth-order valence-corrected chi connectivity index (χ4v) is 10.1. The summed E-state index contributed by atoms with van der Waals surface area (Å²) in [6.45, 7) is 2.42. The zero-order valence-electron chi connectivity index (χ0n) is 44.1. The second-order valence-electron chi connectivity index (χ2n) is 17.9. The molecule has 0 radical (unpaired) electrons. The lowest BCUT2D eigenvalue weighted by Gasteiger charge is -2.11. The number of nitrogens with one attached hydrogen (secondary N) is 1. The molecule has 6 aromatic carbocycles. The lowest BCUT2D eigenvalue weighted by Crippen LogP contribution is -2.14. The van der Waals surface area contributed by atoms with Gasteiger partial charge >= 0.3 is 18.1 Å². The minimum absolute atomic E-state index is 0. The minimum atomic E-state index is -4.41. The van der Waals surface area contributed by atoms with Crippen LogP contribution in [0.2, 0.25) is 0 Å². The van der Waals surface area contributed by atoms with Crippen LogP contribution in [-0.4, -0.2) is 58.6 Å². The first-order valence-electron chi connectivity index (χ1n) is 25.3. The number of benzene rings is 6. The summed E-state index contributed by atoms with van der Waals surface area (Å²) in [4.78, 5) is 25.0. The van der Waals surface area contributed by atoms with Crippen molar-refractivity contribution in [2.75, 3.05) is 27.4 Å². The highest BCUT2D eigenvalue weighted by Crippen LogP contribution is 2.37. The van der Waals surface area contributed by atoms with E-state index in [0.717, 1.165) is 56.5 Å². The number of nitrogens with zero attached hydrogens (tertiary/aromatic N) is 4. The molecule has 9 aromatic rings. The molecule has 3 aromatic heterocycles. The standard InChI is InChI=1S/C30H26F3N3O5S.C29H28F3N3O4S.2CH4/c1-38-25-16-22(13-14-23(25)27-35-29(37)41-36-27)40-18-26-24(8-5-15-39-17-19-6-3-2-4-7-19)34-28(42-26)20-9-11-21(12-10-20)30(31,32)33;1-37-25-16-22(13-14-23(25)27(33)35-36)39-18-26-24(8-5-15-38-17-19-6-3-2-4-7-19)34-28(40-26)20-9-11-21(12-10-20)29(30,31)32;;/h2-4,6-7,9-14,16H,5,8,15,17-18H2,1H3,(H,35,36,37);2-4,6-7,9-14,16,36H,5,8,15,17-18H2,1H3,(H2,33,35);2*1H4. The van der Waals surface area contributed by atoms with Crippen molar-refractivity contribution in [3.8, 4) is 55.5 Å². The van der Waals surface area contributed by atoms with Crippen molar-refractivity contribution in [1.29, 1.82) is 0 Å². The number of hydrogen-bond acceptors (Lipinski definition) is 15. The number of halogens is 6. The number of hydrogen-bond donors (Lipinski definition) is 3. The third kappa shape index (κ3) is 18.0. The van der Waals surface area contributed by atoms with Gasteiger partial charge in [0.2, 0.25) is 0 Å². The van der Waals surface area contributed by atoms with Crippen LogP contribution in [0, 0.1) is 0 Å². The molecule has 84 heavy (non-hydrogen) atoms. The second kappa shape index (κ2) is 30.7. The molecule has 23 heteroatoms. The van der Waals surface area contributed by atoms with Gasteiger partial charge in [-0.25, -0.2) is 14.8 Å². The van der Waals surface area contributed by atoms with E-state index in [-0.39, 0.29) is 39.7 Å². The van der Waals surface area contributed by atoms with Crippen LogP contribution < -0.4 is 30.4 Å². The predicted octanol–water partition coefficient (Wildman–Crippen LogP) is 14.8. The number of oxime groups is 1. The Labute approximate surface area is 489 Å². The number of H-pyrrole nitrogens is 1. The van der Waals surface area contributed by atoms with Crippen LogP contribution in [0.3, 0.4) is 0 Å². The number of aromatic nitrogens is 4. The number of alkyl halides is 6. The Morgan fingerprint density at radius 3 is 1.49 bits per heavy atom. The molecule has 0 bridgehead atoms. The molecule has 0 saturated heterocycles. The quantitative estimate of drug-likeness (QED) is 0.0129. The number of aromatic amines is 1. The number of methoxy groups -OCH3 is 2. The Hall–Kier alpha value is -8.51. The van der Waals surface area contributed by atoms with E-state index < -0.39 is 29.2 Å². The average Bonchev–Trinajstić information content (AvgIpc) is 3.83. The summed E-state index contributed by atoms with van der Waals surface area (Å²) in [6.07, 6.45) is -6.20. The number of thiazole rings is 2. The van der Waals surface area contributed by atoms with Crippen LogP contribution in [-0.2, 0) is 61.1 Å². The van der Waals surface area contributed by atoms with E-state index in [4.69, 9.17) is 49.3 Å². The SMILES string of the molecule is C.C.COc1cc(OCc2sc(-c3ccc(C(F)(F)F)cc3)nc2CCCOCc2ccccc2)ccc1-c1noc(=O)[nH]1.COc1cc(OCc2sc(-c3ccc(C(F)(F)F)cc3)nc2CCCOCc2ccccc2)ccc1C(N)=NO.